The fraction of sp³-hybridized carbons (Fsp3) is 0.211. The van der Waals surface area contributed by atoms with Crippen LogP contribution in [0, 0.1) is 6.92 Å². The molecule has 0 fully saturated rings. The van der Waals surface area contributed by atoms with E-state index in [9.17, 15) is 9.59 Å². The Hall–Kier alpha value is -3.15. The monoisotopic (exact) mass is 337 g/mol. The first-order valence-electron chi connectivity index (χ1n) is 7.98. The van der Waals surface area contributed by atoms with E-state index in [1.807, 2.05) is 18.2 Å². The molecule has 0 radical (unpaired) electrons. The Balaban J connectivity index is 1.69. The standard InChI is InChI=1S/C19H19N3O3/c1-11(19(24)22-15-6-4-5-14(9-15)12(2)23)20-16-7-8-18-17(10-16)21-13(3)25-18/h4-11,20H,1-3H3,(H,22,24). The molecule has 1 atom stereocenters. The Morgan fingerprint density at radius 1 is 1.12 bits per heavy atom. The molecule has 25 heavy (non-hydrogen) atoms. The summed E-state index contributed by atoms with van der Waals surface area (Å²) in [5.41, 5.74) is 3.38. The van der Waals surface area contributed by atoms with Crippen molar-refractivity contribution < 1.29 is 14.0 Å². The first-order valence-corrected chi connectivity index (χ1v) is 7.98. The largest absolute Gasteiger partial charge is 0.441 e. The second kappa shape index (κ2) is 6.76. The van der Waals surface area contributed by atoms with E-state index < -0.39 is 6.04 Å². The van der Waals surface area contributed by atoms with Crippen molar-refractivity contribution in [2.45, 2.75) is 26.8 Å². The molecule has 1 aromatic heterocycles. The Kier molecular flexibility index (Phi) is 4.52. The second-order valence-electron chi connectivity index (χ2n) is 5.91. The highest BCUT2D eigenvalue weighted by Crippen LogP contribution is 2.20. The number of hydrogen-bond donors (Lipinski definition) is 2. The molecule has 0 saturated heterocycles. The number of carbonyl (C=O) groups is 2. The van der Waals surface area contributed by atoms with Crippen LogP contribution in [-0.4, -0.2) is 22.7 Å². The minimum absolute atomic E-state index is 0.0431. The van der Waals surface area contributed by atoms with Gasteiger partial charge in [-0.15, -0.1) is 0 Å². The number of anilines is 2. The quantitative estimate of drug-likeness (QED) is 0.692. The molecule has 3 rings (SSSR count). The summed E-state index contributed by atoms with van der Waals surface area (Å²) in [6.07, 6.45) is 0. The zero-order valence-electron chi connectivity index (χ0n) is 14.3. The van der Waals surface area contributed by atoms with Gasteiger partial charge in [0, 0.05) is 23.9 Å². The number of amides is 1. The fourth-order valence-electron chi connectivity index (χ4n) is 2.51. The van der Waals surface area contributed by atoms with E-state index in [4.69, 9.17) is 4.42 Å². The summed E-state index contributed by atoms with van der Waals surface area (Å²) in [7, 11) is 0. The van der Waals surface area contributed by atoms with Crippen LogP contribution >= 0.6 is 0 Å². The van der Waals surface area contributed by atoms with Gasteiger partial charge in [0.1, 0.15) is 11.6 Å². The summed E-state index contributed by atoms with van der Waals surface area (Å²) in [5.74, 6) is 0.360. The summed E-state index contributed by atoms with van der Waals surface area (Å²) in [6, 6.07) is 11.9. The third kappa shape index (κ3) is 3.85. The molecular formula is C19H19N3O3. The van der Waals surface area contributed by atoms with Crippen molar-refractivity contribution in [3.63, 3.8) is 0 Å². The first-order chi connectivity index (χ1) is 11.9. The lowest BCUT2D eigenvalue weighted by Crippen LogP contribution is -2.31. The number of aryl methyl sites for hydroxylation is 1. The van der Waals surface area contributed by atoms with Gasteiger partial charge in [0.15, 0.2) is 17.3 Å². The number of benzene rings is 2. The number of aromatic nitrogens is 1. The van der Waals surface area contributed by atoms with Gasteiger partial charge in [-0.25, -0.2) is 4.98 Å². The van der Waals surface area contributed by atoms with Crippen LogP contribution in [0.3, 0.4) is 0 Å². The Morgan fingerprint density at radius 2 is 1.92 bits per heavy atom. The number of nitrogens with one attached hydrogen (secondary N) is 2. The lowest BCUT2D eigenvalue weighted by molar-refractivity contribution is -0.116. The lowest BCUT2D eigenvalue weighted by Gasteiger charge is -2.15. The van der Waals surface area contributed by atoms with Crippen LogP contribution in [0.5, 0.6) is 0 Å². The van der Waals surface area contributed by atoms with Crippen molar-refractivity contribution in [2.75, 3.05) is 10.6 Å². The van der Waals surface area contributed by atoms with Gasteiger partial charge >= 0.3 is 0 Å². The van der Waals surface area contributed by atoms with E-state index in [0.717, 1.165) is 11.2 Å². The smallest absolute Gasteiger partial charge is 0.246 e. The molecule has 0 spiro atoms. The van der Waals surface area contributed by atoms with Crippen LogP contribution in [0.25, 0.3) is 11.1 Å². The third-order valence-electron chi connectivity index (χ3n) is 3.81. The maximum absolute atomic E-state index is 12.4. The van der Waals surface area contributed by atoms with Crippen molar-refractivity contribution in [1.29, 1.82) is 0 Å². The molecule has 0 aliphatic rings. The van der Waals surface area contributed by atoms with Gasteiger partial charge in [0.05, 0.1) is 0 Å². The number of Topliss-reactive ketones (excluding diaryl/α,β-unsaturated/α-hetero) is 1. The zero-order chi connectivity index (χ0) is 18.0. The van der Waals surface area contributed by atoms with E-state index in [1.54, 1.807) is 38.1 Å². The van der Waals surface area contributed by atoms with E-state index in [-0.39, 0.29) is 11.7 Å². The summed E-state index contributed by atoms with van der Waals surface area (Å²) in [4.78, 5) is 28.1. The van der Waals surface area contributed by atoms with E-state index in [2.05, 4.69) is 15.6 Å². The minimum atomic E-state index is -0.466. The number of hydrogen-bond acceptors (Lipinski definition) is 5. The Labute approximate surface area is 145 Å². The minimum Gasteiger partial charge on any atom is -0.441 e. The molecule has 0 aliphatic heterocycles. The molecule has 3 aromatic rings. The summed E-state index contributed by atoms with van der Waals surface area (Å²) in [5, 5.41) is 5.95. The topological polar surface area (TPSA) is 84.2 Å². The predicted octanol–water partition coefficient (Wildman–Crippen LogP) is 3.78. The highest BCUT2D eigenvalue weighted by atomic mass is 16.3. The van der Waals surface area contributed by atoms with Crippen molar-refractivity contribution in [1.82, 2.24) is 4.98 Å². The van der Waals surface area contributed by atoms with E-state index >= 15 is 0 Å². The number of oxazole rings is 1. The van der Waals surface area contributed by atoms with Crippen molar-refractivity contribution in [3.8, 4) is 0 Å². The molecule has 128 valence electrons. The maximum Gasteiger partial charge on any atom is 0.246 e. The molecule has 6 nitrogen and oxygen atoms in total. The summed E-state index contributed by atoms with van der Waals surface area (Å²) in [6.45, 7) is 5.05. The van der Waals surface area contributed by atoms with Crippen LogP contribution in [0.15, 0.2) is 46.9 Å². The summed E-state index contributed by atoms with van der Waals surface area (Å²) < 4.78 is 5.44. The lowest BCUT2D eigenvalue weighted by atomic mass is 10.1. The van der Waals surface area contributed by atoms with Gasteiger partial charge in [-0.3, -0.25) is 9.59 Å². The number of fused-ring (bicyclic) bond motifs is 1. The second-order valence-corrected chi connectivity index (χ2v) is 5.91. The van der Waals surface area contributed by atoms with Crippen molar-refractivity contribution in [3.05, 3.63) is 53.9 Å². The van der Waals surface area contributed by atoms with Crippen LogP contribution in [0.1, 0.15) is 30.1 Å². The summed E-state index contributed by atoms with van der Waals surface area (Å²) >= 11 is 0. The number of nitrogens with zero attached hydrogens (tertiary/aromatic N) is 1. The molecular weight excluding hydrogens is 318 g/mol. The number of carbonyl (C=O) groups excluding carboxylic acids is 2. The Bertz CT molecular complexity index is 946. The van der Waals surface area contributed by atoms with Gasteiger partial charge in [-0.1, -0.05) is 12.1 Å². The molecule has 6 heteroatoms. The van der Waals surface area contributed by atoms with Gasteiger partial charge in [0.25, 0.3) is 0 Å². The van der Waals surface area contributed by atoms with Crippen LogP contribution in [0.2, 0.25) is 0 Å². The third-order valence-corrected chi connectivity index (χ3v) is 3.81. The SMILES string of the molecule is CC(=O)c1cccc(NC(=O)C(C)Nc2ccc3oc(C)nc3c2)c1. The van der Waals surface area contributed by atoms with Crippen LogP contribution in [0.4, 0.5) is 11.4 Å². The highest BCUT2D eigenvalue weighted by Gasteiger charge is 2.14. The van der Waals surface area contributed by atoms with Gasteiger partial charge < -0.3 is 15.1 Å². The molecule has 1 amide bonds. The molecule has 2 aromatic carbocycles. The number of ketones is 1. The number of rotatable bonds is 5. The molecule has 0 bridgehead atoms. The molecule has 1 unspecified atom stereocenters. The van der Waals surface area contributed by atoms with E-state index in [1.165, 1.54) is 6.92 Å². The normalized spacial score (nSPS) is 12.0. The zero-order valence-corrected chi connectivity index (χ0v) is 14.3. The maximum atomic E-state index is 12.4. The fourth-order valence-corrected chi connectivity index (χ4v) is 2.51. The van der Waals surface area contributed by atoms with Gasteiger partial charge in [-0.05, 0) is 44.2 Å². The van der Waals surface area contributed by atoms with Gasteiger partial charge in [0.2, 0.25) is 5.91 Å². The molecule has 1 heterocycles. The van der Waals surface area contributed by atoms with E-state index in [0.29, 0.717) is 22.7 Å². The average molecular weight is 337 g/mol. The molecule has 2 N–H and O–H groups in total. The average Bonchev–Trinajstić information content (AvgIpc) is 2.94. The molecule has 0 saturated carbocycles. The predicted molar refractivity (Wildman–Crippen MR) is 96.9 cm³/mol. The van der Waals surface area contributed by atoms with Crippen molar-refractivity contribution in [2.24, 2.45) is 0 Å². The van der Waals surface area contributed by atoms with Gasteiger partial charge in [-0.2, -0.15) is 0 Å². The molecule has 0 aliphatic carbocycles. The Morgan fingerprint density at radius 3 is 2.68 bits per heavy atom. The van der Waals surface area contributed by atoms with Crippen molar-refractivity contribution >= 4 is 34.2 Å². The van der Waals surface area contributed by atoms with Crippen LogP contribution in [-0.2, 0) is 4.79 Å². The first kappa shape index (κ1) is 16.7. The highest BCUT2D eigenvalue weighted by molar-refractivity contribution is 5.99. The van der Waals surface area contributed by atoms with Crippen LogP contribution < -0.4 is 10.6 Å².